The summed E-state index contributed by atoms with van der Waals surface area (Å²) in [6.07, 6.45) is -0.759. The van der Waals surface area contributed by atoms with E-state index in [9.17, 15) is 10.1 Å². The van der Waals surface area contributed by atoms with Gasteiger partial charge in [0.2, 0.25) is 0 Å². The van der Waals surface area contributed by atoms with Crippen LogP contribution in [0.25, 0.3) is 11.1 Å². The molecule has 0 unspecified atom stereocenters. The van der Waals surface area contributed by atoms with Crippen molar-refractivity contribution >= 4 is 31.7 Å². The van der Waals surface area contributed by atoms with Crippen molar-refractivity contribution in [1.29, 1.82) is 5.26 Å². The summed E-state index contributed by atoms with van der Waals surface area (Å²) in [5, 5.41) is 13.4. The maximum Gasteiger partial charge on any atom is 0.410 e. The van der Waals surface area contributed by atoms with Crippen LogP contribution < -0.4 is 5.32 Å². The van der Waals surface area contributed by atoms with Crippen LogP contribution in [0.5, 0.6) is 0 Å². The Balaban J connectivity index is 1.84. The SMILES string of the molecule is CC(C)(C)OC(=O)N(CCNc1cccc(-c2cccc(C#N)c2)c1)C[C@H](O[Si](C)(C)C(C)(C)C)c1cccc(Cl)c1. The molecular formula is C34H44ClN3O3Si. The van der Waals surface area contributed by atoms with E-state index in [-0.39, 0.29) is 11.1 Å². The number of hydrogen-bond acceptors (Lipinski definition) is 5. The monoisotopic (exact) mass is 605 g/mol. The molecule has 0 aliphatic carbocycles. The number of amides is 1. The highest BCUT2D eigenvalue weighted by molar-refractivity contribution is 6.74. The lowest BCUT2D eigenvalue weighted by Gasteiger charge is -2.40. The van der Waals surface area contributed by atoms with Crippen molar-refractivity contribution in [3.05, 3.63) is 88.9 Å². The molecule has 42 heavy (non-hydrogen) atoms. The Morgan fingerprint density at radius 2 is 1.62 bits per heavy atom. The zero-order chi connectivity index (χ0) is 31.1. The first-order valence-electron chi connectivity index (χ1n) is 14.3. The van der Waals surface area contributed by atoms with Crippen LogP contribution in [0.15, 0.2) is 72.8 Å². The molecule has 0 aliphatic heterocycles. The number of anilines is 1. The smallest absolute Gasteiger partial charge is 0.410 e. The molecule has 0 saturated carbocycles. The number of hydrogen-bond donors (Lipinski definition) is 1. The summed E-state index contributed by atoms with van der Waals surface area (Å²) in [6, 6.07) is 25.4. The highest BCUT2D eigenvalue weighted by Gasteiger charge is 2.40. The summed E-state index contributed by atoms with van der Waals surface area (Å²) in [7, 11) is -2.20. The van der Waals surface area contributed by atoms with E-state index in [2.05, 4.69) is 45.3 Å². The maximum absolute atomic E-state index is 13.5. The Kier molecular flexibility index (Phi) is 10.9. The Morgan fingerprint density at radius 1 is 0.976 bits per heavy atom. The Bertz CT molecular complexity index is 1410. The van der Waals surface area contributed by atoms with Crippen LogP contribution in [0.3, 0.4) is 0 Å². The van der Waals surface area contributed by atoms with Gasteiger partial charge in [0, 0.05) is 23.8 Å². The number of carbonyl (C=O) groups excluding carboxylic acids is 1. The van der Waals surface area contributed by atoms with Crippen LogP contribution in [0.1, 0.15) is 58.8 Å². The second kappa shape index (κ2) is 13.8. The van der Waals surface area contributed by atoms with Gasteiger partial charge in [0.15, 0.2) is 8.32 Å². The van der Waals surface area contributed by atoms with Gasteiger partial charge in [-0.3, -0.25) is 0 Å². The molecule has 0 spiro atoms. The van der Waals surface area contributed by atoms with Gasteiger partial charge in [-0.1, -0.05) is 68.8 Å². The van der Waals surface area contributed by atoms with E-state index in [1.165, 1.54) is 0 Å². The van der Waals surface area contributed by atoms with E-state index in [4.69, 9.17) is 20.8 Å². The summed E-state index contributed by atoms with van der Waals surface area (Å²) in [5.74, 6) is 0. The third-order valence-electron chi connectivity index (χ3n) is 7.40. The van der Waals surface area contributed by atoms with E-state index >= 15 is 0 Å². The largest absolute Gasteiger partial charge is 0.444 e. The summed E-state index contributed by atoms with van der Waals surface area (Å²) in [5.41, 5.74) is 3.81. The molecule has 0 fully saturated rings. The van der Waals surface area contributed by atoms with Crippen LogP contribution in [0.2, 0.25) is 23.2 Å². The molecule has 1 atom stereocenters. The number of nitrogens with one attached hydrogen (secondary N) is 1. The minimum Gasteiger partial charge on any atom is -0.444 e. The topological polar surface area (TPSA) is 74.6 Å². The molecule has 3 rings (SSSR count). The lowest BCUT2D eigenvalue weighted by molar-refractivity contribution is 0.0165. The average molecular weight is 606 g/mol. The molecule has 1 amide bonds. The van der Waals surface area contributed by atoms with Crippen LogP contribution in [-0.4, -0.2) is 44.5 Å². The summed E-state index contributed by atoms with van der Waals surface area (Å²) >= 11 is 6.39. The van der Waals surface area contributed by atoms with Crippen molar-refractivity contribution in [2.75, 3.05) is 25.0 Å². The molecule has 0 aromatic heterocycles. The van der Waals surface area contributed by atoms with E-state index in [0.717, 1.165) is 22.4 Å². The van der Waals surface area contributed by atoms with Crippen LogP contribution in [0, 0.1) is 11.3 Å². The predicted octanol–water partition coefficient (Wildman–Crippen LogP) is 9.29. The van der Waals surface area contributed by atoms with Gasteiger partial charge in [-0.05, 0) is 92.0 Å². The number of nitriles is 1. The molecule has 3 aromatic rings. The van der Waals surface area contributed by atoms with Crippen molar-refractivity contribution in [3.8, 4) is 17.2 Å². The molecule has 8 heteroatoms. The number of nitrogens with zero attached hydrogens (tertiary/aromatic N) is 2. The third kappa shape index (κ3) is 9.62. The molecule has 0 bridgehead atoms. The van der Waals surface area contributed by atoms with Crippen molar-refractivity contribution in [1.82, 2.24) is 4.90 Å². The second-order valence-electron chi connectivity index (χ2n) is 13.0. The van der Waals surface area contributed by atoms with Crippen LogP contribution in [-0.2, 0) is 9.16 Å². The quantitative estimate of drug-likeness (QED) is 0.233. The van der Waals surface area contributed by atoms with Gasteiger partial charge in [0.05, 0.1) is 24.3 Å². The van der Waals surface area contributed by atoms with Gasteiger partial charge in [-0.2, -0.15) is 5.26 Å². The summed E-state index contributed by atoms with van der Waals surface area (Å²) in [4.78, 5) is 15.2. The molecule has 0 saturated heterocycles. The van der Waals surface area contributed by atoms with Crippen LogP contribution in [0.4, 0.5) is 10.5 Å². The van der Waals surface area contributed by atoms with Crippen LogP contribution >= 0.6 is 11.6 Å². The second-order valence-corrected chi connectivity index (χ2v) is 18.2. The summed E-state index contributed by atoms with van der Waals surface area (Å²) in [6.45, 7) is 17.9. The lowest BCUT2D eigenvalue weighted by atomic mass is 10.0. The Hall–Kier alpha value is -3.31. The number of carbonyl (C=O) groups is 1. The zero-order valence-electron chi connectivity index (χ0n) is 26.1. The molecule has 0 aliphatic rings. The van der Waals surface area contributed by atoms with Crippen molar-refractivity contribution in [3.63, 3.8) is 0 Å². The standard InChI is InChI=1S/C34H44ClN3O3Si/c1-33(2,3)40-32(39)38(24-31(28-15-10-16-29(35)21-28)41-42(7,8)34(4,5)6)19-18-37-30-17-11-14-27(22-30)26-13-9-12-25(20-26)23-36/h9-17,20-22,31,37H,18-19,24H2,1-8H3/t31-/m0/s1. The fourth-order valence-electron chi connectivity index (χ4n) is 4.15. The minimum absolute atomic E-state index is 0.0140. The molecule has 224 valence electrons. The fraction of sp³-hybridized carbons (Fsp3) is 0.412. The van der Waals surface area contributed by atoms with E-state index < -0.39 is 20.0 Å². The first kappa shape index (κ1) is 33.2. The normalized spacial score (nSPS) is 12.8. The van der Waals surface area contributed by atoms with Gasteiger partial charge in [-0.15, -0.1) is 0 Å². The van der Waals surface area contributed by atoms with E-state index in [1.807, 2.05) is 87.5 Å². The number of rotatable bonds is 10. The Labute approximate surface area is 257 Å². The molecule has 0 heterocycles. The van der Waals surface area contributed by atoms with Gasteiger partial charge in [-0.25, -0.2) is 4.79 Å². The lowest BCUT2D eigenvalue weighted by Crippen LogP contribution is -2.46. The molecule has 1 N–H and O–H groups in total. The minimum atomic E-state index is -2.20. The number of halogens is 1. The highest BCUT2D eigenvalue weighted by Crippen LogP contribution is 2.40. The summed E-state index contributed by atoms with van der Waals surface area (Å²) < 4.78 is 12.7. The van der Waals surface area contributed by atoms with Gasteiger partial charge < -0.3 is 19.4 Å². The van der Waals surface area contributed by atoms with Gasteiger partial charge in [0.25, 0.3) is 0 Å². The number of benzene rings is 3. The van der Waals surface area contributed by atoms with Gasteiger partial charge >= 0.3 is 6.09 Å². The zero-order valence-corrected chi connectivity index (χ0v) is 27.9. The van der Waals surface area contributed by atoms with E-state index in [0.29, 0.717) is 30.2 Å². The third-order valence-corrected chi connectivity index (χ3v) is 12.1. The average Bonchev–Trinajstić information content (AvgIpc) is 2.90. The first-order valence-corrected chi connectivity index (χ1v) is 17.6. The molecule has 0 radical (unpaired) electrons. The highest BCUT2D eigenvalue weighted by atomic mass is 35.5. The van der Waals surface area contributed by atoms with E-state index in [1.54, 1.807) is 11.0 Å². The number of ether oxygens (including phenoxy) is 1. The van der Waals surface area contributed by atoms with Gasteiger partial charge in [0.1, 0.15) is 5.60 Å². The Morgan fingerprint density at radius 3 is 2.24 bits per heavy atom. The maximum atomic E-state index is 13.5. The molecular weight excluding hydrogens is 562 g/mol. The molecule has 6 nitrogen and oxygen atoms in total. The van der Waals surface area contributed by atoms with Crippen molar-refractivity contribution in [2.45, 2.75) is 71.4 Å². The fourth-order valence-corrected chi connectivity index (χ4v) is 5.62. The first-order chi connectivity index (χ1) is 19.6. The van der Waals surface area contributed by atoms with Crippen molar-refractivity contribution in [2.24, 2.45) is 0 Å². The van der Waals surface area contributed by atoms with Crippen molar-refractivity contribution < 1.29 is 14.0 Å². The molecule has 3 aromatic carbocycles. The predicted molar refractivity (Wildman–Crippen MR) is 175 cm³/mol.